The predicted molar refractivity (Wildman–Crippen MR) is 101 cm³/mol. The van der Waals surface area contributed by atoms with E-state index in [0.29, 0.717) is 6.04 Å². The van der Waals surface area contributed by atoms with E-state index >= 15 is 0 Å². The van der Waals surface area contributed by atoms with Gasteiger partial charge in [0.15, 0.2) is 5.82 Å². The fourth-order valence-electron chi connectivity index (χ4n) is 3.92. The quantitative estimate of drug-likeness (QED) is 0.711. The highest BCUT2D eigenvalue weighted by molar-refractivity contribution is 5.65. The zero-order chi connectivity index (χ0) is 17.9. The molecular weight excluding hydrogens is 324 g/mol. The summed E-state index contributed by atoms with van der Waals surface area (Å²) in [6.45, 7) is 2.72. The van der Waals surface area contributed by atoms with Gasteiger partial charge in [-0.25, -0.2) is 0 Å². The minimum atomic E-state index is 0.430. The highest BCUT2D eigenvalue weighted by Gasteiger charge is 2.27. The van der Waals surface area contributed by atoms with Crippen molar-refractivity contribution < 1.29 is 0 Å². The molecule has 1 aliphatic heterocycles. The van der Waals surface area contributed by atoms with E-state index in [-0.39, 0.29) is 0 Å². The van der Waals surface area contributed by atoms with E-state index in [1.807, 2.05) is 40.9 Å². The van der Waals surface area contributed by atoms with Crippen LogP contribution in [-0.2, 0) is 6.54 Å². The van der Waals surface area contributed by atoms with Crippen molar-refractivity contribution in [2.75, 3.05) is 25.0 Å². The van der Waals surface area contributed by atoms with E-state index in [4.69, 9.17) is 0 Å². The Morgan fingerprint density at radius 3 is 3.04 bits per heavy atom. The number of hydrogen-bond donors (Lipinski definition) is 0. The first-order chi connectivity index (χ1) is 12.8. The molecule has 0 radical (unpaired) electrons. The van der Waals surface area contributed by atoms with Crippen LogP contribution in [0.25, 0.3) is 5.52 Å². The molecule has 1 atom stereocenters. The second-order valence-electron chi connectivity index (χ2n) is 6.90. The van der Waals surface area contributed by atoms with Gasteiger partial charge in [0.25, 0.3) is 0 Å². The summed E-state index contributed by atoms with van der Waals surface area (Å²) in [6.07, 6.45) is 8.10. The molecule has 0 N–H and O–H groups in total. The van der Waals surface area contributed by atoms with E-state index in [1.54, 1.807) is 6.20 Å². The van der Waals surface area contributed by atoms with E-state index in [1.165, 1.54) is 6.42 Å². The van der Waals surface area contributed by atoms with Crippen LogP contribution in [0.4, 0.5) is 5.82 Å². The average molecular weight is 346 g/mol. The van der Waals surface area contributed by atoms with Crippen molar-refractivity contribution in [3.8, 4) is 6.07 Å². The number of nitriles is 1. The third-order valence-corrected chi connectivity index (χ3v) is 5.07. The molecule has 0 unspecified atom stereocenters. The van der Waals surface area contributed by atoms with Gasteiger partial charge in [0.05, 0.1) is 11.1 Å². The number of nitrogens with zero attached hydrogens (tertiary/aromatic N) is 6. The molecule has 1 fully saturated rings. The lowest BCUT2D eigenvalue weighted by atomic mass is 10.1. The van der Waals surface area contributed by atoms with Crippen molar-refractivity contribution in [1.29, 1.82) is 5.26 Å². The number of aromatic nitrogens is 3. The molecule has 0 aromatic carbocycles. The minimum absolute atomic E-state index is 0.430. The largest absolute Gasteiger partial charge is 0.351 e. The molecule has 0 bridgehead atoms. The van der Waals surface area contributed by atoms with Gasteiger partial charge in [-0.2, -0.15) is 10.4 Å². The molecule has 0 amide bonds. The molecule has 3 aromatic rings. The molecule has 6 heteroatoms. The van der Waals surface area contributed by atoms with Crippen LogP contribution >= 0.6 is 0 Å². The highest BCUT2D eigenvalue weighted by atomic mass is 15.3. The van der Waals surface area contributed by atoms with Crippen molar-refractivity contribution in [2.24, 2.45) is 0 Å². The Kier molecular flexibility index (Phi) is 4.55. The fourth-order valence-corrected chi connectivity index (χ4v) is 3.92. The van der Waals surface area contributed by atoms with Crippen molar-refractivity contribution in [1.82, 2.24) is 19.5 Å². The summed E-state index contributed by atoms with van der Waals surface area (Å²) in [5.41, 5.74) is 2.82. The normalized spacial score (nSPS) is 17.1. The summed E-state index contributed by atoms with van der Waals surface area (Å²) in [6, 6.07) is 12.7. The summed E-state index contributed by atoms with van der Waals surface area (Å²) < 4.78 is 2.03. The Morgan fingerprint density at radius 1 is 1.31 bits per heavy atom. The van der Waals surface area contributed by atoms with Gasteiger partial charge in [-0.15, -0.1) is 5.10 Å². The molecule has 1 aliphatic rings. The zero-order valence-corrected chi connectivity index (χ0v) is 14.9. The molecule has 132 valence electrons. The Balaban J connectivity index is 1.49. The smallest absolute Gasteiger partial charge is 0.151 e. The molecule has 0 aliphatic carbocycles. The second-order valence-corrected chi connectivity index (χ2v) is 6.90. The Labute approximate surface area is 153 Å². The summed E-state index contributed by atoms with van der Waals surface area (Å²) in [7, 11) is 2.12. The molecule has 4 rings (SSSR count). The number of anilines is 1. The lowest BCUT2D eigenvalue weighted by Crippen LogP contribution is -2.39. The number of fused-ring (bicyclic) bond motifs is 1. The Hall–Kier alpha value is -2.91. The summed E-state index contributed by atoms with van der Waals surface area (Å²) in [5.74, 6) is 0.954. The van der Waals surface area contributed by atoms with Crippen molar-refractivity contribution >= 4 is 11.3 Å². The molecule has 0 saturated carbocycles. The monoisotopic (exact) mass is 346 g/mol. The zero-order valence-electron chi connectivity index (χ0n) is 14.9. The molecule has 4 heterocycles. The standard InChI is InChI=1S/C20H22N6/c1-24(13-16-14-25-10-3-2-7-19(25)18(16)12-21)15-17-6-5-11-26(17)20-8-4-9-22-23-20/h2-4,7-10,14,17H,5-6,11,13,15H2,1H3/t17-/m1/s1. The SMILES string of the molecule is CN(Cc1cn2ccccc2c1C#N)C[C@H]1CCCN1c1cccnn1. The van der Waals surface area contributed by atoms with Crippen molar-refractivity contribution in [2.45, 2.75) is 25.4 Å². The van der Waals surface area contributed by atoms with Crippen LogP contribution in [0.3, 0.4) is 0 Å². The van der Waals surface area contributed by atoms with Gasteiger partial charge in [-0.1, -0.05) is 6.07 Å². The molecule has 1 saturated heterocycles. The third-order valence-electron chi connectivity index (χ3n) is 5.07. The summed E-state index contributed by atoms with van der Waals surface area (Å²) in [4.78, 5) is 4.65. The van der Waals surface area contributed by atoms with E-state index in [2.05, 4.69) is 39.3 Å². The van der Waals surface area contributed by atoms with Gasteiger partial charge < -0.3 is 9.30 Å². The van der Waals surface area contributed by atoms with Crippen LogP contribution in [-0.4, -0.2) is 45.7 Å². The number of likely N-dealkylation sites (N-methyl/N-ethyl adjacent to an activating group) is 1. The van der Waals surface area contributed by atoms with Crippen LogP contribution < -0.4 is 4.90 Å². The Bertz CT molecular complexity index is 926. The first kappa shape index (κ1) is 16.6. The maximum absolute atomic E-state index is 9.59. The van der Waals surface area contributed by atoms with Gasteiger partial charge in [0.2, 0.25) is 0 Å². The molecule has 26 heavy (non-hydrogen) atoms. The van der Waals surface area contributed by atoms with Gasteiger partial charge >= 0.3 is 0 Å². The van der Waals surface area contributed by atoms with Crippen LogP contribution in [0.2, 0.25) is 0 Å². The van der Waals surface area contributed by atoms with Crippen LogP contribution in [0.1, 0.15) is 24.0 Å². The minimum Gasteiger partial charge on any atom is -0.351 e. The third kappa shape index (κ3) is 3.14. The highest BCUT2D eigenvalue weighted by Crippen LogP contribution is 2.25. The molecule has 0 spiro atoms. The van der Waals surface area contributed by atoms with Gasteiger partial charge in [-0.05, 0) is 44.2 Å². The van der Waals surface area contributed by atoms with Gasteiger partial charge in [0.1, 0.15) is 6.07 Å². The predicted octanol–water partition coefficient (Wildman–Crippen LogP) is 2.70. The van der Waals surface area contributed by atoms with Crippen molar-refractivity contribution in [3.63, 3.8) is 0 Å². The average Bonchev–Trinajstić information content (AvgIpc) is 3.26. The summed E-state index contributed by atoms with van der Waals surface area (Å²) in [5, 5.41) is 17.9. The first-order valence-electron chi connectivity index (χ1n) is 8.98. The number of hydrogen-bond acceptors (Lipinski definition) is 5. The number of pyridine rings is 1. The number of rotatable bonds is 5. The maximum Gasteiger partial charge on any atom is 0.151 e. The Morgan fingerprint density at radius 2 is 2.23 bits per heavy atom. The fraction of sp³-hybridized carbons (Fsp3) is 0.350. The van der Waals surface area contributed by atoms with Gasteiger partial charge in [-0.3, -0.25) is 4.90 Å². The van der Waals surface area contributed by atoms with E-state index in [9.17, 15) is 5.26 Å². The van der Waals surface area contributed by atoms with Gasteiger partial charge in [0, 0.05) is 49.8 Å². The molecule has 3 aromatic heterocycles. The van der Waals surface area contributed by atoms with E-state index in [0.717, 1.165) is 48.5 Å². The topological polar surface area (TPSA) is 60.5 Å². The van der Waals surface area contributed by atoms with E-state index < -0.39 is 0 Å². The van der Waals surface area contributed by atoms with Crippen LogP contribution in [0.15, 0.2) is 48.9 Å². The molecular formula is C20H22N6. The summed E-state index contributed by atoms with van der Waals surface area (Å²) >= 11 is 0. The maximum atomic E-state index is 9.59. The first-order valence-corrected chi connectivity index (χ1v) is 8.98. The lowest BCUT2D eigenvalue weighted by molar-refractivity contribution is 0.302. The van der Waals surface area contributed by atoms with Crippen LogP contribution in [0, 0.1) is 11.3 Å². The lowest BCUT2D eigenvalue weighted by Gasteiger charge is -2.29. The second kappa shape index (κ2) is 7.14. The molecule has 6 nitrogen and oxygen atoms in total. The van der Waals surface area contributed by atoms with Crippen LogP contribution in [0.5, 0.6) is 0 Å². The van der Waals surface area contributed by atoms with Crippen molar-refractivity contribution in [3.05, 3.63) is 60.0 Å².